The second kappa shape index (κ2) is 10.5. The fraction of sp³-hybridized carbons (Fsp3) is 0.188. The first-order valence-corrected chi connectivity index (χ1v) is 13.8. The standard InChI is InChI=1S/C32H25BrN2O6/c1-40-22-11-9-21(10-12-22)35-31(38)26-24-17-20(29(36)18-6-4-3-5-7-18)14-15-34(24)28(27(26)32(35)39)30(37)19-8-13-25(41-2)23(33)16-19/h3-17,24,26-28H,1-2H3. The predicted octanol–water partition coefficient (Wildman–Crippen LogP) is 4.84. The molecule has 2 fully saturated rings. The summed E-state index contributed by atoms with van der Waals surface area (Å²) in [7, 11) is 3.06. The second-order valence-corrected chi connectivity index (χ2v) is 10.8. The van der Waals surface area contributed by atoms with Crippen LogP contribution >= 0.6 is 15.9 Å². The molecule has 3 heterocycles. The summed E-state index contributed by atoms with van der Waals surface area (Å²) in [6, 6.07) is 18.8. The van der Waals surface area contributed by atoms with Crippen LogP contribution in [0.25, 0.3) is 0 Å². The Kier molecular flexibility index (Phi) is 6.83. The monoisotopic (exact) mass is 612 g/mol. The Hall–Kier alpha value is -4.50. The molecule has 0 spiro atoms. The van der Waals surface area contributed by atoms with Crippen molar-refractivity contribution in [2.45, 2.75) is 12.1 Å². The van der Waals surface area contributed by atoms with E-state index in [4.69, 9.17) is 9.47 Å². The quantitative estimate of drug-likeness (QED) is 0.278. The van der Waals surface area contributed by atoms with Gasteiger partial charge >= 0.3 is 0 Å². The number of imide groups is 1. The third-order valence-corrected chi connectivity index (χ3v) is 8.50. The number of methoxy groups -OCH3 is 2. The van der Waals surface area contributed by atoms with Crippen LogP contribution in [-0.2, 0) is 9.59 Å². The van der Waals surface area contributed by atoms with E-state index in [0.29, 0.717) is 38.4 Å². The highest BCUT2D eigenvalue weighted by Crippen LogP contribution is 2.47. The van der Waals surface area contributed by atoms with Crippen LogP contribution in [0.15, 0.2) is 101 Å². The number of Topliss-reactive ketones (excluding diaryl/α,β-unsaturated/α-hetero) is 2. The molecule has 3 aromatic rings. The summed E-state index contributed by atoms with van der Waals surface area (Å²) in [5, 5.41) is 0. The lowest BCUT2D eigenvalue weighted by Crippen LogP contribution is -2.46. The van der Waals surface area contributed by atoms with Crippen molar-refractivity contribution in [3.63, 3.8) is 0 Å². The number of hydrogen-bond acceptors (Lipinski definition) is 7. The number of benzene rings is 3. The van der Waals surface area contributed by atoms with Gasteiger partial charge in [-0.3, -0.25) is 19.2 Å². The third kappa shape index (κ3) is 4.37. The Morgan fingerprint density at radius 2 is 1.54 bits per heavy atom. The van der Waals surface area contributed by atoms with Gasteiger partial charge in [-0.05, 0) is 64.5 Å². The smallest absolute Gasteiger partial charge is 0.240 e. The Balaban J connectivity index is 1.42. The maximum atomic E-state index is 14.1. The summed E-state index contributed by atoms with van der Waals surface area (Å²) >= 11 is 3.44. The first-order chi connectivity index (χ1) is 19.8. The van der Waals surface area contributed by atoms with E-state index in [9.17, 15) is 19.2 Å². The van der Waals surface area contributed by atoms with E-state index >= 15 is 0 Å². The Bertz CT molecular complexity index is 1630. The van der Waals surface area contributed by atoms with Gasteiger partial charge in [0.25, 0.3) is 0 Å². The van der Waals surface area contributed by atoms with Crippen LogP contribution in [0.4, 0.5) is 5.69 Å². The van der Waals surface area contributed by atoms with Gasteiger partial charge in [0.15, 0.2) is 11.6 Å². The average Bonchev–Trinajstić information content (AvgIpc) is 3.48. The van der Waals surface area contributed by atoms with Gasteiger partial charge in [-0.25, -0.2) is 4.90 Å². The molecule has 3 aromatic carbocycles. The average molecular weight is 613 g/mol. The minimum Gasteiger partial charge on any atom is -0.497 e. The molecule has 8 nitrogen and oxygen atoms in total. The number of fused-ring (bicyclic) bond motifs is 3. The number of allylic oxidation sites excluding steroid dienone is 2. The normalized spacial score (nSPS) is 22.8. The van der Waals surface area contributed by atoms with Crippen LogP contribution < -0.4 is 14.4 Å². The van der Waals surface area contributed by atoms with E-state index in [1.54, 1.807) is 90.0 Å². The van der Waals surface area contributed by atoms with E-state index in [1.807, 2.05) is 6.07 Å². The first kappa shape index (κ1) is 26.7. The third-order valence-electron chi connectivity index (χ3n) is 7.88. The molecule has 0 aliphatic carbocycles. The van der Waals surface area contributed by atoms with Gasteiger partial charge in [0.2, 0.25) is 11.8 Å². The van der Waals surface area contributed by atoms with E-state index in [1.165, 1.54) is 14.2 Å². The van der Waals surface area contributed by atoms with Gasteiger partial charge in [0, 0.05) is 22.9 Å². The number of anilines is 1. The van der Waals surface area contributed by atoms with Gasteiger partial charge in [-0.2, -0.15) is 0 Å². The van der Waals surface area contributed by atoms with Gasteiger partial charge in [-0.1, -0.05) is 36.4 Å². The van der Waals surface area contributed by atoms with Crippen molar-refractivity contribution in [3.8, 4) is 11.5 Å². The fourth-order valence-corrected chi connectivity index (χ4v) is 6.47. The van der Waals surface area contributed by atoms with Crippen LogP contribution in [0.3, 0.4) is 0 Å². The molecule has 9 heteroatoms. The molecule has 3 aliphatic rings. The van der Waals surface area contributed by atoms with Crippen LogP contribution in [0.2, 0.25) is 0 Å². The lowest BCUT2D eigenvalue weighted by Gasteiger charge is -2.33. The van der Waals surface area contributed by atoms with Crippen LogP contribution in [0, 0.1) is 11.8 Å². The van der Waals surface area contributed by atoms with Gasteiger partial charge in [0.05, 0.1) is 42.3 Å². The molecular weight excluding hydrogens is 588 g/mol. The van der Waals surface area contributed by atoms with Crippen molar-refractivity contribution in [2.24, 2.45) is 11.8 Å². The fourth-order valence-electron chi connectivity index (χ4n) is 5.93. The molecule has 3 aliphatic heterocycles. The summed E-state index contributed by atoms with van der Waals surface area (Å²) < 4.78 is 11.1. The number of halogens is 1. The molecule has 0 N–H and O–H groups in total. The number of nitrogens with zero attached hydrogens (tertiary/aromatic N) is 2. The summed E-state index contributed by atoms with van der Waals surface area (Å²) in [5.74, 6) is -2.03. The zero-order chi connectivity index (χ0) is 28.8. The summed E-state index contributed by atoms with van der Waals surface area (Å²) in [5.41, 5.74) is 1.68. The van der Waals surface area contributed by atoms with E-state index in [2.05, 4.69) is 15.9 Å². The minimum atomic E-state index is -0.953. The number of ketones is 2. The zero-order valence-electron chi connectivity index (χ0n) is 22.2. The molecule has 206 valence electrons. The molecule has 2 amide bonds. The van der Waals surface area contributed by atoms with Crippen molar-refractivity contribution < 1.29 is 28.7 Å². The summed E-state index contributed by atoms with van der Waals surface area (Å²) in [6.07, 6.45) is 5.03. The van der Waals surface area contributed by atoms with E-state index in [0.717, 1.165) is 4.90 Å². The SMILES string of the molecule is COc1ccc(N2C(=O)C3C(C2=O)C(C(=O)c2ccc(OC)c(Br)c2)N2C=CC(C(=O)c4ccccc4)=CC32)cc1. The second-order valence-electron chi connectivity index (χ2n) is 9.99. The maximum Gasteiger partial charge on any atom is 0.240 e. The van der Waals surface area contributed by atoms with Crippen molar-refractivity contribution >= 4 is 45.0 Å². The molecule has 0 radical (unpaired) electrons. The van der Waals surface area contributed by atoms with Gasteiger partial charge in [-0.15, -0.1) is 0 Å². The van der Waals surface area contributed by atoms with E-state index in [-0.39, 0.29) is 11.6 Å². The van der Waals surface area contributed by atoms with Gasteiger partial charge in [0.1, 0.15) is 17.5 Å². The lowest BCUT2D eigenvalue weighted by molar-refractivity contribution is -0.123. The molecular formula is C32H25BrN2O6. The number of hydrogen-bond donors (Lipinski definition) is 0. The topological polar surface area (TPSA) is 93.2 Å². The Labute approximate surface area is 245 Å². The molecule has 2 saturated heterocycles. The van der Waals surface area contributed by atoms with Crippen LogP contribution in [0.1, 0.15) is 20.7 Å². The predicted molar refractivity (Wildman–Crippen MR) is 155 cm³/mol. The molecule has 0 saturated carbocycles. The lowest BCUT2D eigenvalue weighted by atomic mass is 9.85. The number of ether oxygens (including phenoxy) is 2. The summed E-state index contributed by atoms with van der Waals surface area (Å²) in [6.45, 7) is 0. The van der Waals surface area contributed by atoms with Crippen molar-refractivity contribution in [2.75, 3.05) is 19.1 Å². The highest BCUT2D eigenvalue weighted by molar-refractivity contribution is 9.10. The number of carbonyl (C=O) groups is 4. The highest BCUT2D eigenvalue weighted by Gasteiger charge is 2.63. The summed E-state index contributed by atoms with van der Waals surface area (Å²) in [4.78, 5) is 58.3. The van der Waals surface area contributed by atoms with Gasteiger partial charge < -0.3 is 14.4 Å². The van der Waals surface area contributed by atoms with Crippen molar-refractivity contribution in [1.29, 1.82) is 0 Å². The molecule has 0 aromatic heterocycles. The molecule has 0 bridgehead atoms. The van der Waals surface area contributed by atoms with Crippen molar-refractivity contribution in [3.05, 3.63) is 112 Å². The molecule has 4 unspecified atom stereocenters. The minimum absolute atomic E-state index is 0.198. The molecule has 6 rings (SSSR count). The van der Waals surface area contributed by atoms with Crippen LogP contribution in [0.5, 0.6) is 11.5 Å². The zero-order valence-corrected chi connectivity index (χ0v) is 23.8. The Morgan fingerprint density at radius 1 is 0.829 bits per heavy atom. The molecule has 41 heavy (non-hydrogen) atoms. The maximum absolute atomic E-state index is 14.1. The Morgan fingerprint density at radius 3 is 2.20 bits per heavy atom. The largest absolute Gasteiger partial charge is 0.497 e. The van der Waals surface area contributed by atoms with Crippen molar-refractivity contribution in [1.82, 2.24) is 4.90 Å². The first-order valence-electron chi connectivity index (χ1n) is 13.0. The number of rotatable bonds is 7. The van der Waals surface area contributed by atoms with E-state index < -0.39 is 35.7 Å². The highest BCUT2D eigenvalue weighted by atomic mass is 79.9. The number of amides is 2. The number of carbonyl (C=O) groups excluding carboxylic acids is 4. The van der Waals surface area contributed by atoms with Crippen LogP contribution in [-0.4, -0.2) is 54.6 Å². The molecule has 4 atom stereocenters.